The molecule has 2 heteroatoms. The van der Waals surface area contributed by atoms with E-state index in [1.807, 2.05) is 30.3 Å². The second-order valence-corrected chi connectivity index (χ2v) is 5.03. The molecule has 0 saturated carbocycles. The van der Waals surface area contributed by atoms with E-state index >= 15 is 0 Å². The SMILES string of the molecule is Cc1cc(C)cc(COC[C@H](N)c2ccccc2)c1. The lowest BCUT2D eigenvalue weighted by atomic mass is 10.1. The highest BCUT2D eigenvalue weighted by atomic mass is 16.5. The smallest absolute Gasteiger partial charge is 0.0718 e. The first kappa shape index (κ1) is 13.8. The van der Waals surface area contributed by atoms with Crippen LogP contribution in [0.5, 0.6) is 0 Å². The summed E-state index contributed by atoms with van der Waals surface area (Å²) in [5.41, 5.74) is 11.0. The third-order valence-electron chi connectivity index (χ3n) is 3.08. The van der Waals surface area contributed by atoms with Gasteiger partial charge in [0.25, 0.3) is 0 Å². The summed E-state index contributed by atoms with van der Waals surface area (Å²) < 4.78 is 5.72. The first-order chi connectivity index (χ1) is 9.15. The molecule has 100 valence electrons. The summed E-state index contributed by atoms with van der Waals surface area (Å²) in [4.78, 5) is 0. The Morgan fingerprint density at radius 2 is 1.63 bits per heavy atom. The highest BCUT2D eigenvalue weighted by molar-refractivity contribution is 5.28. The minimum absolute atomic E-state index is 0.0629. The highest BCUT2D eigenvalue weighted by Crippen LogP contribution is 2.13. The molecule has 0 radical (unpaired) electrons. The Kier molecular flexibility index (Phi) is 4.72. The first-order valence-electron chi connectivity index (χ1n) is 6.60. The molecule has 2 rings (SSSR count). The van der Waals surface area contributed by atoms with Crippen LogP contribution < -0.4 is 5.73 Å². The van der Waals surface area contributed by atoms with Crippen LogP contribution in [0.4, 0.5) is 0 Å². The Morgan fingerprint density at radius 3 is 2.26 bits per heavy atom. The van der Waals surface area contributed by atoms with Crippen LogP contribution in [0.2, 0.25) is 0 Å². The van der Waals surface area contributed by atoms with Crippen molar-refractivity contribution in [2.75, 3.05) is 6.61 Å². The highest BCUT2D eigenvalue weighted by Gasteiger charge is 2.05. The maximum atomic E-state index is 6.09. The summed E-state index contributed by atoms with van der Waals surface area (Å²) in [5, 5.41) is 0. The first-order valence-corrected chi connectivity index (χ1v) is 6.60. The van der Waals surface area contributed by atoms with Gasteiger partial charge in [0.2, 0.25) is 0 Å². The molecule has 0 aromatic heterocycles. The van der Waals surface area contributed by atoms with E-state index in [4.69, 9.17) is 10.5 Å². The number of benzene rings is 2. The van der Waals surface area contributed by atoms with Crippen molar-refractivity contribution in [1.29, 1.82) is 0 Å². The second-order valence-electron chi connectivity index (χ2n) is 5.03. The van der Waals surface area contributed by atoms with Crippen molar-refractivity contribution < 1.29 is 4.74 Å². The molecular weight excluding hydrogens is 234 g/mol. The summed E-state index contributed by atoms with van der Waals surface area (Å²) in [5.74, 6) is 0. The summed E-state index contributed by atoms with van der Waals surface area (Å²) in [7, 11) is 0. The second kappa shape index (κ2) is 6.50. The fourth-order valence-corrected chi connectivity index (χ4v) is 2.25. The molecule has 0 saturated heterocycles. The minimum atomic E-state index is -0.0629. The van der Waals surface area contributed by atoms with Crippen molar-refractivity contribution >= 4 is 0 Å². The largest absolute Gasteiger partial charge is 0.375 e. The van der Waals surface area contributed by atoms with E-state index in [2.05, 4.69) is 32.0 Å². The standard InChI is InChI=1S/C17H21NO/c1-13-8-14(2)10-15(9-13)11-19-12-17(18)16-6-4-3-5-7-16/h3-10,17H,11-12,18H2,1-2H3/t17-/m0/s1. The number of ether oxygens (including phenoxy) is 1. The Hall–Kier alpha value is -1.64. The van der Waals surface area contributed by atoms with Gasteiger partial charge in [-0.1, -0.05) is 59.7 Å². The molecule has 0 spiro atoms. The summed E-state index contributed by atoms with van der Waals surface area (Å²) in [6.07, 6.45) is 0. The third kappa shape index (κ3) is 4.19. The van der Waals surface area contributed by atoms with Gasteiger partial charge in [-0.05, 0) is 25.0 Å². The van der Waals surface area contributed by atoms with Crippen LogP contribution >= 0.6 is 0 Å². The van der Waals surface area contributed by atoms with Gasteiger partial charge in [0.05, 0.1) is 19.3 Å². The summed E-state index contributed by atoms with van der Waals surface area (Å²) >= 11 is 0. The summed E-state index contributed by atoms with van der Waals surface area (Å²) in [6, 6.07) is 16.5. The van der Waals surface area contributed by atoms with Gasteiger partial charge < -0.3 is 10.5 Å². The lowest BCUT2D eigenvalue weighted by Crippen LogP contribution is -2.16. The average molecular weight is 255 g/mol. The Balaban J connectivity index is 1.86. The van der Waals surface area contributed by atoms with Gasteiger partial charge in [0.1, 0.15) is 0 Å². The van der Waals surface area contributed by atoms with Gasteiger partial charge in [0, 0.05) is 0 Å². The zero-order valence-electron chi connectivity index (χ0n) is 11.6. The van der Waals surface area contributed by atoms with E-state index < -0.39 is 0 Å². The van der Waals surface area contributed by atoms with Crippen molar-refractivity contribution in [1.82, 2.24) is 0 Å². The fourth-order valence-electron chi connectivity index (χ4n) is 2.25. The van der Waals surface area contributed by atoms with Crippen molar-refractivity contribution in [3.8, 4) is 0 Å². The predicted molar refractivity (Wildman–Crippen MR) is 78.9 cm³/mol. The van der Waals surface area contributed by atoms with Crippen LogP contribution in [0, 0.1) is 13.8 Å². The molecule has 2 aromatic rings. The molecule has 0 heterocycles. The molecule has 0 amide bonds. The molecule has 0 bridgehead atoms. The molecule has 0 aliphatic rings. The van der Waals surface area contributed by atoms with Gasteiger partial charge in [-0.3, -0.25) is 0 Å². The zero-order valence-corrected chi connectivity index (χ0v) is 11.6. The van der Waals surface area contributed by atoms with Gasteiger partial charge >= 0.3 is 0 Å². The van der Waals surface area contributed by atoms with E-state index in [0.717, 1.165) is 5.56 Å². The number of rotatable bonds is 5. The molecule has 0 aliphatic carbocycles. The van der Waals surface area contributed by atoms with Crippen molar-refractivity contribution in [2.24, 2.45) is 5.73 Å². The molecule has 0 aliphatic heterocycles. The van der Waals surface area contributed by atoms with Crippen LogP contribution in [-0.2, 0) is 11.3 Å². The quantitative estimate of drug-likeness (QED) is 0.887. The number of hydrogen-bond acceptors (Lipinski definition) is 2. The van der Waals surface area contributed by atoms with Gasteiger partial charge in [0.15, 0.2) is 0 Å². The zero-order chi connectivity index (χ0) is 13.7. The number of hydrogen-bond donors (Lipinski definition) is 1. The molecule has 2 N–H and O–H groups in total. The number of aryl methyl sites for hydroxylation is 2. The van der Waals surface area contributed by atoms with E-state index in [1.165, 1.54) is 16.7 Å². The Bertz CT molecular complexity index is 502. The van der Waals surface area contributed by atoms with Crippen LogP contribution in [0.15, 0.2) is 48.5 Å². The molecule has 2 aromatic carbocycles. The van der Waals surface area contributed by atoms with Crippen LogP contribution in [0.25, 0.3) is 0 Å². The average Bonchev–Trinajstić information content (AvgIpc) is 2.38. The third-order valence-corrected chi connectivity index (χ3v) is 3.08. The monoisotopic (exact) mass is 255 g/mol. The maximum Gasteiger partial charge on any atom is 0.0718 e. The van der Waals surface area contributed by atoms with Crippen molar-refractivity contribution in [3.05, 3.63) is 70.8 Å². The predicted octanol–water partition coefficient (Wildman–Crippen LogP) is 3.52. The fraction of sp³-hybridized carbons (Fsp3) is 0.294. The van der Waals surface area contributed by atoms with E-state index in [9.17, 15) is 0 Å². The molecule has 1 atom stereocenters. The van der Waals surface area contributed by atoms with Gasteiger partial charge in [-0.25, -0.2) is 0 Å². The van der Waals surface area contributed by atoms with E-state index in [0.29, 0.717) is 13.2 Å². The lowest BCUT2D eigenvalue weighted by Gasteiger charge is -2.13. The molecular formula is C17H21NO. The van der Waals surface area contributed by atoms with Crippen molar-refractivity contribution in [2.45, 2.75) is 26.5 Å². The Labute approximate surface area is 115 Å². The molecule has 0 unspecified atom stereocenters. The number of nitrogens with two attached hydrogens (primary N) is 1. The Morgan fingerprint density at radius 1 is 1.00 bits per heavy atom. The maximum absolute atomic E-state index is 6.09. The van der Waals surface area contributed by atoms with E-state index in [1.54, 1.807) is 0 Å². The molecule has 19 heavy (non-hydrogen) atoms. The van der Waals surface area contributed by atoms with Crippen LogP contribution in [-0.4, -0.2) is 6.61 Å². The normalized spacial score (nSPS) is 12.4. The molecule has 0 fully saturated rings. The van der Waals surface area contributed by atoms with Crippen molar-refractivity contribution in [3.63, 3.8) is 0 Å². The summed E-state index contributed by atoms with van der Waals surface area (Å²) in [6.45, 7) is 5.36. The van der Waals surface area contributed by atoms with Crippen LogP contribution in [0.3, 0.4) is 0 Å². The van der Waals surface area contributed by atoms with Crippen LogP contribution in [0.1, 0.15) is 28.3 Å². The topological polar surface area (TPSA) is 35.2 Å². The minimum Gasteiger partial charge on any atom is -0.375 e. The molecule has 2 nitrogen and oxygen atoms in total. The van der Waals surface area contributed by atoms with E-state index in [-0.39, 0.29) is 6.04 Å². The van der Waals surface area contributed by atoms with Gasteiger partial charge in [-0.2, -0.15) is 0 Å². The lowest BCUT2D eigenvalue weighted by molar-refractivity contribution is 0.108. The van der Waals surface area contributed by atoms with Gasteiger partial charge in [-0.15, -0.1) is 0 Å².